The number of hydrogen-bond donors (Lipinski definition) is 0. The number of rotatable bonds is 2. The van der Waals surface area contributed by atoms with Gasteiger partial charge in [0, 0.05) is 4.47 Å². The zero-order valence-corrected chi connectivity index (χ0v) is 13.4. The molecule has 22 heavy (non-hydrogen) atoms. The molecule has 1 aromatic heterocycles. The molecule has 0 saturated heterocycles. The van der Waals surface area contributed by atoms with Crippen molar-refractivity contribution in [1.29, 1.82) is 5.26 Å². The molecule has 0 bridgehead atoms. The van der Waals surface area contributed by atoms with Crippen LogP contribution in [-0.4, -0.2) is 29.2 Å². The summed E-state index contributed by atoms with van der Waals surface area (Å²) in [5.41, 5.74) is 1.52. The van der Waals surface area contributed by atoms with Crippen molar-refractivity contribution in [2.24, 2.45) is 0 Å². The molecule has 1 aliphatic heterocycles. The van der Waals surface area contributed by atoms with E-state index < -0.39 is 5.97 Å². The van der Waals surface area contributed by atoms with Crippen molar-refractivity contribution >= 4 is 21.9 Å². The van der Waals surface area contributed by atoms with Crippen molar-refractivity contribution in [2.45, 2.75) is 13.0 Å². The Morgan fingerprint density at radius 3 is 3.14 bits per heavy atom. The predicted molar refractivity (Wildman–Crippen MR) is 81.5 cm³/mol. The first-order valence-corrected chi connectivity index (χ1v) is 7.42. The van der Waals surface area contributed by atoms with Crippen molar-refractivity contribution in [2.75, 3.05) is 13.7 Å². The zero-order valence-electron chi connectivity index (χ0n) is 11.8. The van der Waals surface area contributed by atoms with Gasteiger partial charge in [0.05, 0.1) is 37.4 Å². The van der Waals surface area contributed by atoms with E-state index in [9.17, 15) is 4.79 Å². The minimum atomic E-state index is -0.539. The Bertz CT molecular complexity index is 792. The highest BCUT2D eigenvalue weighted by atomic mass is 79.9. The first kappa shape index (κ1) is 14.6. The molecule has 1 aromatic carbocycles. The number of hydrogen-bond acceptors (Lipinski definition) is 5. The topological polar surface area (TPSA) is 77.1 Å². The van der Waals surface area contributed by atoms with E-state index in [1.165, 1.54) is 7.11 Å². The van der Waals surface area contributed by atoms with Crippen LogP contribution in [0.1, 0.15) is 16.2 Å². The number of carbonyl (C=O) groups excluding carboxylic acids is 1. The van der Waals surface area contributed by atoms with E-state index in [1.807, 2.05) is 22.8 Å². The Morgan fingerprint density at radius 1 is 1.59 bits per heavy atom. The number of esters is 1. The van der Waals surface area contributed by atoms with E-state index in [0.29, 0.717) is 30.4 Å². The molecule has 0 aliphatic carbocycles. The van der Waals surface area contributed by atoms with Crippen molar-refractivity contribution in [3.63, 3.8) is 0 Å². The molecule has 7 heteroatoms. The second kappa shape index (κ2) is 5.81. The summed E-state index contributed by atoms with van der Waals surface area (Å²) in [4.78, 5) is 16.4. The number of carbonyl (C=O) groups is 1. The fourth-order valence-electron chi connectivity index (χ4n) is 2.50. The summed E-state index contributed by atoms with van der Waals surface area (Å²) in [6.07, 6.45) is 0.0841. The molecule has 0 N–H and O–H groups in total. The number of imidazole rings is 1. The third kappa shape index (κ3) is 2.35. The van der Waals surface area contributed by atoms with E-state index in [-0.39, 0.29) is 12.1 Å². The van der Waals surface area contributed by atoms with Crippen molar-refractivity contribution < 1.29 is 14.3 Å². The van der Waals surface area contributed by atoms with Crippen LogP contribution in [-0.2, 0) is 17.7 Å². The summed E-state index contributed by atoms with van der Waals surface area (Å²) in [5, 5.41) is 9.05. The molecule has 0 fully saturated rings. The standard InChI is InChI=1S/C15H12BrN3O3/c1-21-15(20)13-11(4-5-17)19-6-7-22-12-3-2-9(16)8-10(12)14(19)18-13/h2-3,8H,4,6-7H2,1H3. The van der Waals surface area contributed by atoms with Crippen molar-refractivity contribution in [1.82, 2.24) is 9.55 Å². The minimum Gasteiger partial charge on any atom is -0.491 e. The van der Waals surface area contributed by atoms with Crippen molar-refractivity contribution in [3.05, 3.63) is 34.1 Å². The smallest absolute Gasteiger partial charge is 0.358 e. The van der Waals surface area contributed by atoms with Crippen LogP contribution in [0, 0.1) is 11.3 Å². The van der Waals surface area contributed by atoms with Gasteiger partial charge in [-0.05, 0) is 18.2 Å². The molecule has 3 rings (SSSR count). The molecular formula is C15H12BrN3O3. The summed E-state index contributed by atoms with van der Waals surface area (Å²) < 4.78 is 13.2. The Balaban J connectivity index is 2.26. The van der Waals surface area contributed by atoms with E-state index in [2.05, 4.69) is 27.0 Å². The molecule has 2 heterocycles. The molecule has 0 radical (unpaired) electrons. The van der Waals surface area contributed by atoms with Gasteiger partial charge in [-0.3, -0.25) is 0 Å². The lowest BCUT2D eigenvalue weighted by atomic mass is 10.2. The highest BCUT2D eigenvalue weighted by Crippen LogP contribution is 2.35. The third-order valence-corrected chi connectivity index (χ3v) is 3.95. The van der Waals surface area contributed by atoms with Gasteiger partial charge in [-0.25, -0.2) is 9.78 Å². The van der Waals surface area contributed by atoms with Gasteiger partial charge in [0.2, 0.25) is 0 Å². The van der Waals surface area contributed by atoms with Gasteiger partial charge >= 0.3 is 5.97 Å². The van der Waals surface area contributed by atoms with Gasteiger partial charge in [0.1, 0.15) is 18.2 Å². The molecule has 0 atom stereocenters. The number of halogens is 1. The molecule has 2 aromatic rings. The van der Waals surface area contributed by atoms with Gasteiger partial charge in [-0.2, -0.15) is 5.26 Å². The average Bonchev–Trinajstić information content (AvgIpc) is 2.77. The van der Waals surface area contributed by atoms with Crippen LogP contribution in [0.15, 0.2) is 22.7 Å². The van der Waals surface area contributed by atoms with Gasteiger partial charge in [-0.1, -0.05) is 15.9 Å². The summed E-state index contributed by atoms with van der Waals surface area (Å²) >= 11 is 3.43. The number of ether oxygens (including phenoxy) is 2. The molecule has 0 spiro atoms. The number of nitrogens with zero attached hydrogens (tertiary/aromatic N) is 3. The lowest BCUT2D eigenvalue weighted by Crippen LogP contribution is -2.12. The van der Waals surface area contributed by atoms with Crippen LogP contribution in [0.3, 0.4) is 0 Å². The highest BCUT2D eigenvalue weighted by Gasteiger charge is 2.26. The maximum absolute atomic E-state index is 11.9. The van der Waals surface area contributed by atoms with Gasteiger partial charge < -0.3 is 14.0 Å². The Kier molecular flexibility index (Phi) is 3.86. The number of aromatic nitrogens is 2. The monoisotopic (exact) mass is 361 g/mol. The molecule has 0 saturated carbocycles. The fourth-order valence-corrected chi connectivity index (χ4v) is 2.86. The molecule has 6 nitrogen and oxygen atoms in total. The van der Waals surface area contributed by atoms with Crippen LogP contribution < -0.4 is 4.74 Å². The summed E-state index contributed by atoms with van der Waals surface area (Å²) in [7, 11) is 1.30. The predicted octanol–water partition coefficient (Wildman–Crippen LogP) is 2.56. The largest absolute Gasteiger partial charge is 0.491 e. The lowest BCUT2D eigenvalue weighted by Gasteiger charge is -2.06. The molecule has 1 aliphatic rings. The van der Waals surface area contributed by atoms with Gasteiger partial charge in [0.25, 0.3) is 0 Å². The highest BCUT2D eigenvalue weighted by molar-refractivity contribution is 9.10. The Morgan fingerprint density at radius 2 is 2.41 bits per heavy atom. The van der Waals surface area contributed by atoms with Gasteiger partial charge in [0.15, 0.2) is 5.69 Å². The van der Waals surface area contributed by atoms with Gasteiger partial charge in [-0.15, -0.1) is 0 Å². The summed E-state index contributed by atoms with van der Waals surface area (Å²) in [6, 6.07) is 7.70. The zero-order chi connectivity index (χ0) is 15.7. The summed E-state index contributed by atoms with van der Waals surface area (Å²) in [6.45, 7) is 0.958. The molecular weight excluding hydrogens is 350 g/mol. The van der Waals surface area contributed by atoms with Crippen molar-refractivity contribution in [3.8, 4) is 23.2 Å². The normalized spacial score (nSPS) is 12.4. The molecule has 112 valence electrons. The molecule has 0 unspecified atom stereocenters. The maximum atomic E-state index is 11.9. The van der Waals surface area contributed by atoms with Crippen LogP contribution in [0.25, 0.3) is 11.4 Å². The van der Waals surface area contributed by atoms with E-state index in [0.717, 1.165) is 10.0 Å². The Hall–Kier alpha value is -2.33. The summed E-state index contributed by atoms with van der Waals surface area (Å²) in [5.74, 6) is 0.773. The fraction of sp³-hybridized carbons (Fsp3) is 0.267. The SMILES string of the molecule is COC(=O)c1nc2n(c1CC#N)CCOc1ccc(Br)cc1-2. The first-order valence-electron chi connectivity index (χ1n) is 6.63. The van der Waals surface area contributed by atoms with E-state index >= 15 is 0 Å². The quantitative estimate of drug-likeness (QED) is 0.768. The lowest BCUT2D eigenvalue weighted by molar-refractivity contribution is 0.0593. The van der Waals surface area contributed by atoms with E-state index in [4.69, 9.17) is 14.7 Å². The van der Waals surface area contributed by atoms with Crippen LogP contribution >= 0.6 is 15.9 Å². The average molecular weight is 362 g/mol. The molecule has 0 amide bonds. The minimum absolute atomic E-state index is 0.0841. The second-order valence-corrected chi connectivity index (χ2v) is 5.61. The Labute approximate surface area is 135 Å². The first-order chi connectivity index (χ1) is 10.7. The second-order valence-electron chi connectivity index (χ2n) is 4.70. The van der Waals surface area contributed by atoms with Crippen LogP contribution in [0.5, 0.6) is 5.75 Å². The number of benzene rings is 1. The third-order valence-electron chi connectivity index (χ3n) is 3.45. The maximum Gasteiger partial charge on any atom is 0.358 e. The van der Waals surface area contributed by atoms with E-state index in [1.54, 1.807) is 0 Å². The van der Waals surface area contributed by atoms with Crippen LogP contribution in [0.2, 0.25) is 0 Å². The van der Waals surface area contributed by atoms with Crippen LogP contribution in [0.4, 0.5) is 0 Å². The number of fused-ring (bicyclic) bond motifs is 3. The number of methoxy groups -OCH3 is 1. The number of nitriles is 1.